The summed E-state index contributed by atoms with van der Waals surface area (Å²) in [6, 6.07) is 7.23. The van der Waals surface area contributed by atoms with Crippen molar-refractivity contribution in [3.05, 3.63) is 35.9 Å². The Balaban J connectivity index is 2.18. The lowest BCUT2D eigenvalue weighted by Crippen LogP contribution is -2.55. The zero-order valence-electron chi connectivity index (χ0n) is 31.7. The van der Waals surface area contributed by atoms with E-state index in [1.165, 1.54) is 21.3 Å². The summed E-state index contributed by atoms with van der Waals surface area (Å²) >= 11 is 0. The molecule has 0 radical (unpaired) electrons. The van der Waals surface area contributed by atoms with Gasteiger partial charge in [-0.15, -0.1) is 0 Å². The van der Waals surface area contributed by atoms with Crippen LogP contribution < -0.4 is 16.0 Å². The Labute approximate surface area is 298 Å². The zero-order valence-corrected chi connectivity index (χ0v) is 31.7. The highest BCUT2D eigenvalue weighted by Gasteiger charge is 2.42. The molecule has 1 saturated heterocycles. The van der Waals surface area contributed by atoms with E-state index in [9.17, 15) is 24.0 Å². The van der Waals surface area contributed by atoms with Gasteiger partial charge in [0.2, 0.25) is 23.6 Å². The van der Waals surface area contributed by atoms with Gasteiger partial charge in [0.15, 0.2) is 0 Å². The lowest BCUT2D eigenvalue weighted by Gasteiger charge is -2.39. The minimum absolute atomic E-state index is 0.0124. The molecule has 13 nitrogen and oxygen atoms in total. The summed E-state index contributed by atoms with van der Waals surface area (Å²) < 4.78 is 16.8. The quantitative estimate of drug-likeness (QED) is 0.173. The molecule has 3 N–H and O–H groups in total. The first kappa shape index (κ1) is 42.6. The Morgan fingerprint density at radius 1 is 0.980 bits per heavy atom. The number of nitrogens with zero attached hydrogens (tertiary/aromatic N) is 2. The SMILES string of the molecule is CCC(C)C(C(CC(=O)N1CCCC1C(OC)C(C)C(=O)NC(Cc1ccccc1)C(=O)OC)OC)N(C)C(=O)CNC(=O)C(NC)C(C)C. The van der Waals surface area contributed by atoms with Crippen molar-refractivity contribution < 1.29 is 38.2 Å². The molecular formula is C37H61N5O8. The third-order valence-electron chi connectivity index (χ3n) is 10.1. The number of carbonyl (C=O) groups is 5. The molecule has 1 fully saturated rings. The van der Waals surface area contributed by atoms with Crippen LogP contribution >= 0.6 is 0 Å². The van der Waals surface area contributed by atoms with Crippen molar-refractivity contribution in [2.45, 2.75) is 103 Å². The van der Waals surface area contributed by atoms with Crippen molar-refractivity contribution in [1.82, 2.24) is 25.8 Å². The van der Waals surface area contributed by atoms with Gasteiger partial charge in [0.05, 0.1) is 56.3 Å². The van der Waals surface area contributed by atoms with Crippen LogP contribution in [0.15, 0.2) is 30.3 Å². The van der Waals surface area contributed by atoms with E-state index in [1.54, 1.807) is 30.8 Å². The second-order valence-corrected chi connectivity index (χ2v) is 13.6. The van der Waals surface area contributed by atoms with Gasteiger partial charge in [0.1, 0.15) is 6.04 Å². The van der Waals surface area contributed by atoms with E-state index in [4.69, 9.17) is 14.2 Å². The van der Waals surface area contributed by atoms with Crippen LogP contribution in [0.5, 0.6) is 0 Å². The van der Waals surface area contributed by atoms with Gasteiger partial charge < -0.3 is 40.0 Å². The topological polar surface area (TPSA) is 156 Å². The second-order valence-electron chi connectivity index (χ2n) is 13.6. The molecule has 8 atom stereocenters. The van der Waals surface area contributed by atoms with Gasteiger partial charge in [-0.3, -0.25) is 19.2 Å². The number of likely N-dealkylation sites (tertiary alicyclic amines) is 1. The Morgan fingerprint density at radius 2 is 1.64 bits per heavy atom. The summed E-state index contributed by atoms with van der Waals surface area (Å²) in [6.45, 7) is 9.93. The molecule has 0 aliphatic carbocycles. The van der Waals surface area contributed by atoms with Crippen LogP contribution in [0.1, 0.15) is 65.9 Å². The number of hydrogen-bond acceptors (Lipinski definition) is 9. The van der Waals surface area contributed by atoms with Crippen LogP contribution in [0.25, 0.3) is 0 Å². The lowest BCUT2D eigenvalue weighted by molar-refractivity contribution is -0.148. The van der Waals surface area contributed by atoms with Crippen molar-refractivity contribution >= 4 is 29.6 Å². The van der Waals surface area contributed by atoms with E-state index in [0.717, 1.165) is 18.4 Å². The van der Waals surface area contributed by atoms with Crippen LogP contribution in [-0.2, 0) is 44.6 Å². The molecule has 282 valence electrons. The van der Waals surface area contributed by atoms with Crippen LogP contribution in [0.4, 0.5) is 0 Å². The van der Waals surface area contributed by atoms with Crippen LogP contribution in [0.2, 0.25) is 0 Å². The van der Waals surface area contributed by atoms with E-state index in [1.807, 2.05) is 58.0 Å². The molecule has 1 aliphatic heterocycles. The maximum absolute atomic E-state index is 14.0. The predicted octanol–water partition coefficient (Wildman–Crippen LogP) is 2.17. The molecule has 8 unspecified atom stereocenters. The van der Waals surface area contributed by atoms with Gasteiger partial charge in [-0.2, -0.15) is 0 Å². The van der Waals surface area contributed by atoms with E-state index in [-0.39, 0.29) is 60.9 Å². The number of hydrogen-bond donors (Lipinski definition) is 3. The summed E-state index contributed by atoms with van der Waals surface area (Å²) in [5.74, 6) is -2.29. The second kappa shape index (κ2) is 21.0. The summed E-state index contributed by atoms with van der Waals surface area (Å²) in [5.41, 5.74) is 0.876. The third-order valence-corrected chi connectivity index (χ3v) is 10.1. The highest BCUT2D eigenvalue weighted by atomic mass is 16.5. The normalized spacial score (nSPS) is 18.7. The largest absolute Gasteiger partial charge is 0.467 e. The molecule has 13 heteroatoms. The van der Waals surface area contributed by atoms with E-state index in [2.05, 4.69) is 16.0 Å². The average Bonchev–Trinajstić information content (AvgIpc) is 3.59. The summed E-state index contributed by atoms with van der Waals surface area (Å²) in [6.07, 6.45) is 1.13. The fraction of sp³-hybridized carbons (Fsp3) is 0.703. The van der Waals surface area contributed by atoms with Crippen LogP contribution in [0.3, 0.4) is 0 Å². The Morgan fingerprint density at radius 3 is 2.18 bits per heavy atom. The van der Waals surface area contributed by atoms with E-state index >= 15 is 0 Å². The summed E-state index contributed by atoms with van der Waals surface area (Å²) in [4.78, 5) is 69.5. The van der Waals surface area contributed by atoms with Crippen molar-refractivity contribution in [2.75, 3.05) is 48.5 Å². The van der Waals surface area contributed by atoms with Crippen molar-refractivity contribution in [3.63, 3.8) is 0 Å². The molecule has 1 heterocycles. The number of carbonyl (C=O) groups excluding carboxylic acids is 5. The zero-order chi connectivity index (χ0) is 37.5. The molecule has 0 aromatic heterocycles. The molecule has 1 aromatic rings. The predicted molar refractivity (Wildman–Crippen MR) is 191 cm³/mol. The molecule has 0 saturated carbocycles. The Kier molecular flexibility index (Phi) is 17.9. The van der Waals surface area contributed by atoms with Crippen molar-refractivity contribution in [3.8, 4) is 0 Å². The van der Waals surface area contributed by atoms with Gasteiger partial charge in [-0.05, 0) is 37.3 Å². The third kappa shape index (κ3) is 11.5. The van der Waals surface area contributed by atoms with Gasteiger partial charge in [-0.1, -0.05) is 71.4 Å². The first-order valence-corrected chi connectivity index (χ1v) is 17.7. The Bertz CT molecular complexity index is 1250. The first-order chi connectivity index (χ1) is 23.7. The maximum atomic E-state index is 14.0. The molecule has 50 heavy (non-hydrogen) atoms. The standard InChI is InChI=1S/C37H61N5O8/c1-11-24(4)33(41(7)31(44)22-39-36(46)32(38-6)23(2)3)29(48-8)21-30(43)42-19-15-18-28(42)34(49-9)25(5)35(45)40-27(37(47)50-10)20-26-16-13-12-14-17-26/h12-14,16-17,23-25,27-29,32-34,38H,11,15,18-22H2,1-10H3,(H,39,46)(H,40,45). The Hall–Kier alpha value is -3.55. The maximum Gasteiger partial charge on any atom is 0.328 e. The molecule has 0 bridgehead atoms. The molecule has 4 amide bonds. The van der Waals surface area contributed by atoms with Gasteiger partial charge in [-0.25, -0.2) is 4.79 Å². The number of esters is 1. The smallest absolute Gasteiger partial charge is 0.328 e. The molecule has 0 spiro atoms. The van der Waals surface area contributed by atoms with Gasteiger partial charge >= 0.3 is 5.97 Å². The van der Waals surface area contributed by atoms with Crippen LogP contribution in [0, 0.1) is 17.8 Å². The summed E-state index contributed by atoms with van der Waals surface area (Å²) in [5, 5.41) is 8.57. The van der Waals surface area contributed by atoms with E-state index < -0.39 is 42.2 Å². The molecular weight excluding hydrogens is 642 g/mol. The van der Waals surface area contributed by atoms with Crippen molar-refractivity contribution in [1.29, 1.82) is 0 Å². The highest BCUT2D eigenvalue weighted by Crippen LogP contribution is 2.29. The molecule has 1 aliphatic rings. The van der Waals surface area contributed by atoms with E-state index in [0.29, 0.717) is 13.0 Å². The highest BCUT2D eigenvalue weighted by molar-refractivity contribution is 5.88. The first-order valence-electron chi connectivity index (χ1n) is 17.7. The minimum Gasteiger partial charge on any atom is -0.467 e. The van der Waals surface area contributed by atoms with Gasteiger partial charge in [0, 0.05) is 34.2 Å². The number of amides is 4. The molecule has 2 rings (SSSR count). The van der Waals surface area contributed by atoms with Gasteiger partial charge in [0.25, 0.3) is 0 Å². The average molecular weight is 704 g/mol. The summed E-state index contributed by atoms with van der Waals surface area (Å²) in [7, 11) is 7.73. The number of rotatable bonds is 20. The number of methoxy groups -OCH3 is 3. The lowest BCUT2D eigenvalue weighted by atomic mass is 9.90. The minimum atomic E-state index is -0.885. The number of ether oxygens (including phenoxy) is 3. The number of likely N-dealkylation sites (N-methyl/N-ethyl adjacent to an activating group) is 2. The van der Waals surface area contributed by atoms with Crippen LogP contribution in [-0.4, -0.2) is 124 Å². The number of benzene rings is 1. The fourth-order valence-electron chi connectivity index (χ4n) is 6.98. The monoisotopic (exact) mass is 703 g/mol. The van der Waals surface area contributed by atoms with Crippen molar-refractivity contribution in [2.24, 2.45) is 17.8 Å². The number of nitrogens with one attached hydrogen (secondary N) is 3. The fourth-order valence-corrected chi connectivity index (χ4v) is 6.98. The molecule has 1 aromatic carbocycles.